The maximum atomic E-state index is 11.8. The lowest BCUT2D eigenvalue weighted by atomic mass is 10.1. The van der Waals surface area contributed by atoms with Gasteiger partial charge in [-0.25, -0.2) is 4.98 Å². The normalized spacial score (nSPS) is 10.5. The predicted octanol–water partition coefficient (Wildman–Crippen LogP) is 2.28. The molecule has 2 aromatic rings. The van der Waals surface area contributed by atoms with Gasteiger partial charge in [0.2, 0.25) is 0 Å². The number of amides is 1. The molecule has 2 rings (SSSR count). The molecule has 0 aliphatic heterocycles. The summed E-state index contributed by atoms with van der Waals surface area (Å²) >= 11 is 1.65. The van der Waals surface area contributed by atoms with Gasteiger partial charge in [0.05, 0.1) is 0 Å². The number of nitrogens with zero attached hydrogens (tertiary/aromatic N) is 1. The van der Waals surface area contributed by atoms with Gasteiger partial charge in [-0.05, 0) is 26.0 Å². The summed E-state index contributed by atoms with van der Waals surface area (Å²) < 4.78 is 0. The first kappa shape index (κ1) is 14.7. The number of hydrogen-bond acceptors (Lipinski definition) is 4. The van der Waals surface area contributed by atoms with Crippen molar-refractivity contribution in [1.29, 1.82) is 0 Å². The number of thiazole rings is 1. The average Bonchev–Trinajstić information content (AvgIpc) is 2.84. The van der Waals surface area contributed by atoms with E-state index < -0.39 is 0 Å². The van der Waals surface area contributed by atoms with Gasteiger partial charge in [0.25, 0.3) is 5.91 Å². The van der Waals surface area contributed by atoms with E-state index >= 15 is 0 Å². The van der Waals surface area contributed by atoms with E-state index in [1.54, 1.807) is 11.3 Å². The SMILES string of the molecule is Cc1ccc(C(=O)NCCNCc2nc(C)cs2)cc1. The van der Waals surface area contributed by atoms with Gasteiger partial charge < -0.3 is 10.6 Å². The Morgan fingerprint density at radius 3 is 2.60 bits per heavy atom. The highest BCUT2D eigenvalue weighted by atomic mass is 32.1. The van der Waals surface area contributed by atoms with Gasteiger partial charge in [0, 0.05) is 36.3 Å². The molecule has 106 valence electrons. The molecule has 1 heterocycles. The van der Waals surface area contributed by atoms with Crippen LogP contribution in [0.25, 0.3) is 0 Å². The first-order valence-electron chi connectivity index (χ1n) is 6.62. The summed E-state index contributed by atoms with van der Waals surface area (Å²) in [6, 6.07) is 7.57. The summed E-state index contributed by atoms with van der Waals surface area (Å²) in [6.07, 6.45) is 0. The molecule has 0 fully saturated rings. The molecule has 0 aliphatic carbocycles. The largest absolute Gasteiger partial charge is 0.351 e. The Morgan fingerprint density at radius 1 is 1.20 bits per heavy atom. The van der Waals surface area contributed by atoms with Crippen molar-refractivity contribution in [3.8, 4) is 0 Å². The Morgan fingerprint density at radius 2 is 1.95 bits per heavy atom. The van der Waals surface area contributed by atoms with Crippen molar-refractivity contribution in [2.24, 2.45) is 0 Å². The van der Waals surface area contributed by atoms with Gasteiger partial charge in [0.15, 0.2) is 0 Å². The van der Waals surface area contributed by atoms with Gasteiger partial charge in [0.1, 0.15) is 5.01 Å². The number of carbonyl (C=O) groups excluding carboxylic acids is 1. The zero-order chi connectivity index (χ0) is 14.4. The number of carbonyl (C=O) groups is 1. The molecule has 0 radical (unpaired) electrons. The van der Waals surface area contributed by atoms with Crippen LogP contribution in [0.2, 0.25) is 0 Å². The topological polar surface area (TPSA) is 54.0 Å². The summed E-state index contributed by atoms with van der Waals surface area (Å²) in [5.74, 6) is -0.0307. The average molecular weight is 289 g/mol. The number of aromatic nitrogens is 1. The van der Waals surface area contributed by atoms with Crippen molar-refractivity contribution >= 4 is 17.2 Å². The van der Waals surface area contributed by atoms with Crippen molar-refractivity contribution < 1.29 is 4.79 Å². The minimum Gasteiger partial charge on any atom is -0.351 e. The van der Waals surface area contributed by atoms with E-state index in [4.69, 9.17) is 0 Å². The molecular weight excluding hydrogens is 270 g/mol. The molecule has 1 amide bonds. The van der Waals surface area contributed by atoms with Crippen LogP contribution in [0.4, 0.5) is 0 Å². The van der Waals surface area contributed by atoms with Crippen molar-refractivity contribution in [3.05, 3.63) is 51.5 Å². The monoisotopic (exact) mass is 289 g/mol. The zero-order valence-corrected chi connectivity index (χ0v) is 12.6. The van der Waals surface area contributed by atoms with E-state index in [0.717, 1.165) is 29.4 Å². The third-order valence-corrected chi connectivity index (χ3v) is 3.81. The van der Waals surface area contributed by atoms with Crippen LogP contribution in [0.3, 0.4) is 0 Å². The molecule has 0 aliphatic rings. The molecule has 5 heteroatoms. The molecule has 0 saturated carbocycles. The number of hydrogen-bond donors (Lipinski definition) is 2. The van der Waals surface area contributed by atoms with Crippen LogP contribution in [0.1, 0.15) is 26.6 Å². The summed E-state index contributed by atoms with van der Waals surface area (Å²) in [5, 5.41) is 9.27. The minimum atomic E-state index is -0.0307. The smallest absolute Gasteiger partial charge is 0.251 e. The van der Waals surface area contributed by atoms with Crippen molar-refractivity contribution in [3.63, 3.8) is 0 Å². The minimum absolute atomic E-state index is 0.0307. The number of nitrogens with one attached hydrogen (secondary N) is 2. The Bertz CT molecular complexity index is 563. The summed E-state index contributed by atoms with van der Waals surface area (Å²) in [7, 11) is 0. The Labute approximate surface area is 123 Å². The molecule has 0 saturated heterocycles. The summed E-state index contributed by atoms with van der Waals surface area (Å²) in [5.41, 5.74) is 2.91. The van der Waals surface area contributed by atoms with Crippen LogP contribution in [0, 0.1) is 13.8 Å². The van der Waals surface area contributed by atoms with Crippen LogP contribution in [0.5, 0.6) is 0 Å². The molecule has 0 bridgehead atoms. The predicted molar refractivity (Wildman–Crippen MR) is 82.1 cm³/mol. The highest BCUT2D eigenvalue weighted by Gasteiger charge is 2.03. The zero-order valence-electron chi connectivity index (χ0n) is 11.8. The number of benzene rings is 1. The molecule has 1 aromatic carbocycles. The van der Waals surface area contributed by atoms with Crippen molar-refractivity contribution in [2.45, 2.75) is 20.4 Å². The summed E-state index contributed by atoms with van der Waals surface area (Å²) in [4.78, 5) is 16.2. The Balaban J connectivity index is 1.65. The molecule has 0 atom stereocenters. The van der Waals surface area contributed by atoms with Crippen molar-refractivity contribution in [2.75, 3.05) is 13.1 Å². The van der Waals surface area contributed by atoms with Gasteiger partial charge >= 0.3 is 0 Å². The second-order valence-corrected chi connectivity index (χ2v) is 5.62. The van der Waals surface area contributed by atoms with Gasteiger partial charge in [-0.3, -0.25) is 4.79 Å². The first-order chi connectivity index (χ1) is 9.65. The number of aryl methyl sites for hydroxylation is 2. The van der Waals surface area contributed by atoms with Crippen LogP contribution >= 0.6 is 11.3 Å². The molecule has 2 N–H and O–H groups in total. The number of rotatable bonds is 6. The Hall–Kier alpha value is -1.72. The quantitative estimate of drug-likeness (QED) is 0.802. The molecule has 0 spiro atoms. The second-order valence-electron chi connectivity index (χ2n) is 4.68. The van der Waals surface area contributed by atoms with E-state index in [1.165, 1.54) is 0 Å². The Kier molecular flexibility index (Phi) is 5.26. The molecule has 20 heavy (non-hydrogen) atoms. The second kappa shape index (κ2) is 7.17. The lowest BCUT2D eigenvalue weighted by Gasteiger charge is -2.06. The van der Waals surface area contributed by atoms with E-state index in [2.05, 4.69) is 15.6 Å². The standard InChI is InChI=1S/C15H19N3OS/c1-11-3-5-13(6-4-11)15(19)17-8-7-16-9-14-18-12(2)10-20-14/h3-6,10,16H,7-9H2,1-2H3,(H,17,19). The fourth-order valence-corrected chi connectivity index (χ4v) is 2.49. The maximum Gasteiger partial charge on any atom is 0.251 e. The molecule has 1 aromatic heterocycles. The van der Waals surface area contributed by atoms with Gasteiger partial charge in [-0.2, -0.15) is 0 Å². The lowest BCUT2D eigenvalue weighted by Crippen LogP contribution is -2.31. The van der Waals surface area contributed by atoms with E-state index in [9.17, 15) is 4.79 Å². The molecule has 0 unspecified atom stereocenters. The van der Waals surface area contributed by atoms with E-state index in [1.807, 2.05) is 43.5 Å². The fourth-order valence-electron chi connectivity index (χ4n) is 1.75. The third kappa shape index (κ3) is 4.43. The van der Waals surface area contributed by atoms with Crippen LogP contribution < -0.4 is 10.6 Å². The van der Waals surface area contributed by atoms with E-state index in [-0.39, 0.29) is 5.91 Å². The van der Waals surface area contributed by atoms with Crippen LogP contribution in [0.15, 0.2) is 29.6 Å². The summed E-state index contributed by atoms with van der Waals surface area (Å²) in [6.45, 7) is 6.08. The highest BCUT2D eigenvalue weighted by molar-refractivity contribution is 7.09. The van der Waals surface area contributed by atoms with Crippen LogP contribution in [-0.2, 0) is 6.54 Å². The van der Waals surface area contributed by atoms with Gasteiger partial charge in [-0.15, -0.1) is 11.3 Å². The van der Waals surface area contributed by atoms with Crippen LogP contribution in [-0.4, -0.2) is 24.0 Å². The van der Waals surface area contributed by atoms with E-state index in [0.29, 0.717) is 12.1 Å². The lowest BCUT2D eigenvalue weighted by molar-refractivity contribution is 0.0954. The molecular formula is C15H19N3OS. The maximum absolute atomic E-state index is 11.8. The highest BCUT2D eigenvalue weighted by Crippen LogP contribution is 2.07. The first-order valence-corrected chi connectivity index (χ1v) is 7.50. The molecule has 4 nitrogen and oxygen atoms in total. The van der Waals surface area contributed by atoms with Crippen molar-refractivity contribution in [1.82, 2.24) is 15.6 Å². The fraction of sp³-hybridized carbons (Fsp3) is 0.333. The van der Waals surface area contributed by atoms with Gasteiger partial charge in [-0.1, -0.05) is 17.7 Å². The third-order valence-electron chi connectivity index (χ3n) is 2.84.